The molecule has 0 unspecified atom stereocenters. The van der Waals surface area contributed by atoms with Gasteiger partial charge in [-0.3, -0.25) is 9.52 Å². The molecule has 1 aliphatic heterocycles. The van der Waals surface area contributed by atoms with Crippen LogP contribution < -0.4 is 4.72 Å². The molecule has 3 rings (SSSR count). The Bertz CT molecular complexity index is 859. The van der Waals surface area contributed by atoms with Crippen LogP contribution in [0.2, 0.25) is 0 Å². The van der Waals surface area contributed by atoms with E-state index in [9.17, 15) is 13.2 Å². The Kier molecular flexibility index (Phi) is 5.61. The molecule has 0 atom stereocenters. The molecule has 2 aromatic rings. The Balaban J connectivity index is 1.63. The van der Waals surface area contributed by atoms with Crippen molar-refractivity contribution >= 4 is 21.6 Å². The number of nitrogens with one attached hydrogen (secondary N) is 1. The zero-order valence-electron chi connectivity index (χ0n) is 14.9. The Morgan fingerprint density at radius 3 is 2.23 bits per heavy atom. The number of hydrogen-bond donors (Lipinski definition) is 1. The van der Waals surface area contributed by atoms with Crippen molar-refractivity contribution in [1.29, 1.82) is 0 Å². The van der Waals surface area contributed by atoms with Crippen LogP contribution in [0.25, 0.3) is 0 Å². The molecule has 0 aliphatic carbocycles. The predicted molar refractivity (Wildman–Crippen MR) is 103 cm³/mol. The monoisotopic (exact) mass is 372 g/mol. The summed E-state index contributed by atoms with van der Waals surface area (Å²) in [5.74, 6) is 0.211. The van der Waals surface area contributed by atoms with Gasteiger partial charge in [-0.1, -0.05) is 31.2 Å². The van der Waals surface area contributed by atoms with Gasteiger partial charge in [-0.05, 0) is 54.7 Å². The second-order valence-corrected chi connectivity index (χ2v) is 8.22. The summed E-state index contributed by atoms with van der Waals surface area (Å²) in [6.07, 6.45) is 3.22. The molecule has 0 bridgehead atoms. The topological polar surface area (TPSA) is 66.5 Å². The molecule has 1 saturated heterocycles. The second kappa shape index (κ2) is 7.91. The fourth-order valence-corrected chi connectivity index (χ4v) is 4.12. The SMILES string of the molecule is CCc1ccc(NS(=O)(=O)c2ccc(CCN3CCCC3=O)cc2)cc1. The van der Waals surface area contributed by atoms with Crippen molar-refractivity contribution in [2.45, 2.75) is 37.5 Å². The highest BCUT2D eigenvalue weighted by molar-refractivity contribution is 7.92. The smallest absolute Gasteiger partial charge is 0.261 e. The lowest BCUT2D eigenvalue weighted by molar-refractivity contribution is -0.127. The van der Waals surface area contributed by atoms with Crippen molar-refractivity contribution in [1.82, 2.24) is 4.90 Å². The van der Waals surface area contributed by atoms with E-state index >= 15 is 0 Å². The Morgan fingerprint density at radius 2 is 1.65 bits per heavy atom. The molecule has 6 heteroatoms. The second-order valence-electron chi connectivity index (χ2n) is 6.53. The van der Waals surface area contributed by atoms with Crippen molar-refractivity contribution in [2.75, 3.05) is 17.8 Å². The van der Waals surface area contributed by atoms with E-state index < -0.39 is 10.0 Å². The average Bonchev–Trinajstić information content (AvgIpc) is 3.05. The van der Waals surface area contributed by atoms with E-state index in [0.29, 0.717) is 18.7 Å². The van der Waals surface area contributed by atoms with Crippen molar-refractivity contribution in [3.8, 4) is 0 Å². The highest BCUT2D eigenvalue weighted by Crippen LogP contribution is 2.18. The van der Waals surface area contributed by atoms with Crippen LogP contribution in [0.5, 0.6) is 0 Å². The number of benzene rings is 2. The lowest BCUT2D eigenvalue weighted by atomic mass is 10.1. The van der Waals surface area contributed by atoms with Crippen molar-refractivity contribution in [3.05, 3.63) is 59.7 Å². The molecule has 1 fully saturated rings. The minimum Gasteiger partial charge on any atom is -0.342 e. The van der Waals surface area contributed by atoms with Crippen LogP contribution in [-0.4, -0.2) is 32.3 Å². The summed E-state index contributed by atoms with van der Waals surface area (Å²) in [4.78, 5) is 13.7. The van der Waals surface area contributed by atoms with E-state index in [1.165, 1.54) is 0 Å². The minimum atomic E-state index is -3.60. The molecule has 1 amide bonds. The summed E-state index contributed by atoms with van der Waals surface area (Å²) in [6, 6.07) is 14.2. The third kappa shape index (κ3) is 4.43. The number of carbonyl (C=O) groups is 1. The van der Waals surface area contributed by atoms with Gasteiger partial charge in [-0.2, -0.15) is 0 Å². The lowest BCUT2D eigenvalue weighted by Gasteiger charge is -2.15. The first-order valence-corrected chi connectivity index (χ1v) is 10.4. The number of carbonyl (C=O) groups excluding carboxylic acids is 1. The molecule has 0 aromatic heterocycles. The van der Waals surface area contributed by atoms with Gasteiger partial charge in [0.1, 0.15) is 0 Å². The normalized spacial score (nSPS) is 14.7. The fourth-order valence-electron chi connectivity index (χ4n) is 3.06. The maximum absolute atomic E-state index is 12.5. The first-order chi connectivity index (χ1) is 12.5. The van der Waals surface area contributed by atoms with Crippen LogP contribution in [0, 0.1) is 0 Å². The zero-order chi connectivity index (χ0) is 18.6. The molecule has 0 spiro atoms. The number of hydrogen-bond acceptors (Lipinski definition) is 3. The van der Waals surface area contributed by atoms with E-state index in [4.69, 9.17) is 0 Å². The van der Waals surface area contributed by atoms with E-state index in [0.717, 1.165) is 36.9 Å². The maximum Gasteiger partial charge on any atom is 0.261 e. The third-order valence-electron chi connectivity index (χ3n) is 4.69. The van der Waals surface area contributed by atoms with Crippen LogP contribution in [0.4, 0.5) is 5.69 Å². The first-order valence-electron chi connectivity index (χ1n) is 8.96. The van der Waals surface area contributed by atoms with Gasteiger partial charge < -0.3 is 4.90 Å². The minimum absolute atomic E-state index is 0.211. The molecule has 1 N–H and O–H groups in total. The average molecular weight is 372 g/mol. The number of likely N-dealkylation sites (tertiary alicyclic amines) is 1. The van der Waals surface area contributed by atoms with Gasteiger partial charge in [-0.25, -0.2) is 8.42 Å². The van der Waals surface area contributed by atoms with Crippen LogP contribution in [-0.2, 0) is 27.7 Å². The lowest BCUT2D eigenvalue weighted by Crippen LogP contribution is -2.26. The van der Waals surface area contributed by atoms with E-state index in [-0.39, 0.29) is 10.8 Å². The molecular formula is C20H24N2O3S. The van der Waals surface area contributed by atoms with Gasteiger partial charge in [0.25, 0.3) is 10.0 Å². The molecule has 0 radical (unpaired) electrons. The molecule has 1 heterocycles. The summed E-state index contributed by atoms with van der Waals surface area (Å²) in [5, 5.41) is 0. The van der Waals surface area contributed by atoms with Crippen LogP contribution in [0.1, 0.15) is 30.9 Å². The van der Waals surface area contributed by atoms with Crippen LogP contribution in [0.15, 0.2) is 53.4 Å². The number of rotatable bonds is 7. The highest BCUT2D eigenvalue weighted by Gasteiger charge is 2.19. The Hall–Kier alpha value is -2.34. The number of nitrogens with zero attached hydrogens (tertiary/aromatic N) is 1. The third-order valence-corrected chi connectivity index (χ3v) is 6.09. The maximum atomic E-state index is 12.5. The summed E-state index contributed by atoms with van der Waals surface area (Å²) in [6.45, 7) is 3.57. The Labute approximate surface area is 155 Å². The van der Waals surface area contributed by atoms with Crippen LogP contribution >= 0.6 is 0 Å². The van der Waals surface area contributed by atoms with Gasteiger partial charge >= 0.3 is 0 Å². The Morgan fingerprint density at radius 1 is 1.00 bits per heavy atom. The summed E-state index contributed by atoms with van der Waals surface area (Å²) in [7, 11) is -3.60. The number of sulfonamides is 1. The van der Waals surface area contributed by atoms with Gasteiger partial charge in [0.2, 0.25) is 5.91 Å². The van der Waals surface area contributed by atoms with Crippen molar-refractivity contribution in [3.63, 3.8) is 0 Å². The zero-order valence-corrected chi connectivity index (χ0v) is 15.8. The van der Waals surface area contributed by atoms with Gasteiger partial charge in [-0.15, -0.1) is 0 Å². The molecular weight excluding hydrogens is 348 g/mol. The van der Waals surface area contributed by atoms with E-state index in [1.54, 1.807) is 24.3 Å². The largest absolute Gasteiger partial charge is 0.342 e. The number of amides is 1. The fraction of sp³-hybridized carbons (Fsp3) is 0.350. The standard InChI is InChI=1S/C20H24N2O3S/c1-2-16-5-9-18(10-6-16)21-26(24,25)19-11-7-17(8-12-19)13-15-22-14-3-4-20(22)23/h5-12,21H,2-4,13-15H2,1H3. The summed E-state index contributed by atoms with van der Waals surface area (Å²) >= 11 is 0. The van der Waals surface area contributed by atoms with Crippen LogP contribution in [0.3, 0.4) is 0 Å². The predicted octanol–water partition coefficient (Wildman–Crippen LogP) is 3.21. The van der Waals surface area contributed by atoms with Gasteiger partial charge in [0.15, 0.2) is 0 Å². The quantitative estimate of drug-likeness (QED) is 0.811. The highest BCUT2D eigenvalue weighted by atomic mass is 32.2. The van der Waals surface area contributed by atoms with E-state index in [2.05, 4.69) is 11.6 Å². The summed E-state index contributed by atoms with van der Waals surface area (Å²) in [5.41, 5.74) is 2.74. The van der Waals surface area contributed by atoms with Gasteiger partial charge in [0, 0.05) is 25.2 Å². The molecule has 5 nitrogen and oxygen atoms in total. The molecule has 26 heavy (non-hydrogen) atoms. The van der Waals surface area contributed by atoms with Crippen molar-refractivity contribution < 1.29 is 13.2 Å². The molecule has 138 valence electrons. The van der Waals surface area contributed by atoms with Crippen molar-refractivity contribution in [2.24, 2.45) is 0 Å². The molecule has 0 saturated carbocycles. The molecule has 1 aliphatic rings. The number of anilines is 1. The first kappa shape index (κ1) is 18.5. The van der Waals surface area contributed by atoms with Gasteiger partial charge in [0.05, 0.1) is 4.90 Å². The van der Waals surface area contributed by atoms with E-state index in [1.807, 2.05) is 29.2 Å². The molecule has 2 aromatic carbocycles. The summed E-state index contributed by atoms with van der Waals surface area (Å²) < 4.78 is 27.6. The number of aryl methyl sites for hydroxylation is 1.